The van der Waals surface area contributed by atoms with Gasteiger partial charge in [-0.25, -0.2) is 9.78 Å². The Morgan fingerprint density at radius 2 is 1.85 bits per heavy atom. The van der Waals surface area contributed by atoms with Crippen LogP contribution in [0, 0.1) is 6.92 Å². The van der Waals surface area contributed by atoms with Gasteiger partial charge in [-0.2, -0.15) is 0 Å². The summed E-state index contributed by atoms with van der Waals surface area (Å²) in [5, 5.41) is 3.63. The second kappa shape index (κ2) is 7.74. The first-order valence-corrected chi connectivity index (χ1v) is 8.24. The number of aryl methyl sites for hydroxylation is 1. The van der Waals surface area contributed by atoms with Gasteiger partial charge in [0.25, 0.3) is 5.91 Å². The Labute approximate surface area is 156 Å². The number of amides is 2. The standard InChI is InChI=1S/C20H19N3O4/c1-12-9-17(13-3-6-15(7-4-13)27-11-19(21)24)23-18-10-14(5-8-16(12)18)22-20(25)26-2/h3-10H,11H2,1-2H3,(H2,21,24)(H,22,25). The van der Waals surface area contributed by atoms with Gasteiger partial charge in [0.1, 0.15) is 5.75 Å². The van der Waals surface area contributed by atoms with E-state index in [1.807, 2.05) is 31.2 Å². The average molecular weight is 365 g/mol. The summed E-state index contributed by atoms with van der Waals surface area (Å²) in [6.45, 7) is 1.84. The summed E-state index contributed by atoms with van der Waals surface area (Å²) in [6, 6.07) is 14.7. The number of nitrogens with two attached hydrogens (primary N) is 1. The SMILES string of the molecule is COC(=O)Nc1ccc2c(C)cc(-c3ccc(OCC(N)=O)cc3)nc2c1. The van der Waals surface area contributed by atoms with Crippen molar-refractivity contribution in [2.45, 2.75) is 6.92 Å². The summed E-state index contributed by atoms with van der Waals surface area (Å²) < 4.78 is 9.89. The Bertz CT molecular complexity index is 1000. The highest BCUT2D eigenvalue weighted by atomic mass is 16.5. The summed E-state index contributed by atoms with van der Waals surface area (Å²) in [6.07, 6.45) is -0.534. The molecule has 0 aliphatic rings. The number of methoxy groups -OCH3 is 1. The van der Waals surface area contributed by atoms with Crippen LogP contribution in [0.25, 0.3) is 22.2 Å². The number of pyridine rings is 1. The molecule has 7 heteroatoms. The van der Waals surface area contributed by atoms with Crippen molar-refractivity contribution < 1.29 is 19.1 Å². The predicted octanol–water partition coefficient (Wildman–Crippen LogP) is 3.25. The van der Waals surface area contributed by atoms with E-state index >= 15 is 0 Å². The molecule has 2 amide bonds. The van der Waals surface area contributed by atoms with Gasteiger partial charge >= 0.3 is 6.09 Å². The highest BCUT2D eigenvalue weighted by molar-refractivity contribution is 5.91. The maximum Gasteiger partial charge on any atom is 0.411 e. The summed E-state index contributed by atoms with van der Waals surface area (Å²) >= 11 is 0. The minimum Gasteiger partial charge on any atom is -0.484 e. The van der Waals surface area contributed by atoms with Crippen molar-refractivity contribution in [1.29, 1.82) is 0 Å². The number of carbonyl (C=O) groups is 2. The molecule has 1 heterocycles. The highest BCUT2D eigenvalue weighted by Crippen LogP contribution is 2.27. The van der Waals surface area contributed by atoms with Crippen molar-refractivity contribution in [1.82, 2.24) is 4.98 Å². The molecule has 3 rings (SSSR count). The van der Waals surface area contributed by atoms with Crippen LogP contribution in [0.5, 0.6) is 5.75 Å². The maximum absolute atomic E-state index is 11.4. The fourth-order valence-electron chi connectivity index (χ4n) is 2.67. The van der Waals surface area contributed by atoms with Gasteiger partial charge in [-0.3, -0.25) is 10.1 Å². The van der Waals surface area contributed by atoms with Crippen LogP contribution in [0.2, 0.25) is 0 Å². The zero-order valence-electron chi connectivity index (χ0n) is 15.0. The molecule has 1 aromatic heterocycles. The molecule has 0 saturated heterocycles. The van der Waals surface area contributed by atoms with E-state index in [1.54, 1.807) is 24.3 Å². The maximum atomic E-state index is 11.4. The predicted molar refractivity (Wildman–Crippen MR) is 103 cm³/mol. The summed E-state index contributed by atoms with van der Waals surface area (Å²) in [5.41, 5.74) is 9.19. The van der Waals surface area contributed by atoms with Gasteiger partial charge in [-0.1, -0.05) is 6.07 Å². The number of anilines is 1. The van der Waals surface area contributed by atoms with Crippen LogP contribution in [0.4, 0.5) is 10.5 Å². The minimum atomic E-state index is -0.534. The van der Waals surface area contributed by atoms with E-state index < -0.39 is 12.0 Å². The number of primary amides is 1. The first kappa shape index (κ1) is 18.2. The van der Waals surface area contributed by atoms with Crippen molar-refractivity contribution in [3.63, 3.8) is 0 Å². The molecule has 0 unspecified atom stereocenters. The van der Waals surface area contributed by atoms with E-state index in [1.165, 1.54) is 7.11 Å². The topological polar surface area (TPSA) is 104 Å². The van der Waals surface area contributed by atoms with Crippen LogP contribution in [0.15, 0.2) is 48.5 Å². The van der Waals surface area contributed by atoms with Gasteiger partial charge in [0.2, 0.25) is 0 Å². The van der Waals surface area contributed by atoms with Crippen molar-refractivity contribution in [3.05, 3.63) is 54.1 Å². The number of benzene rings is 2. The van der Waals surface area contributed by atoms with Gasteiger partial charge in [0.05, 0.1) is 18.3 Å². The first-order valence-electron chi connectivity index (χ1n) is 8.24. The molecule has 138 valence electrons. The summed E-state index contributed by atoms with van der Waals surface area (Å²) in [7, 11) is 1.31. The monoisotopic (exact) mass is 365 g/mol. The Kier molecular flexibility index (Phi) is 5.21. The van der Waals surface area contributed by atoms with Gasteiger partial charge in [0.15, 0.2) is 6.61 Å². The molecule has 27 heavy (non-hydrogen) atoms. The van der Waals surface area contributed by atoms with E-state index in [4.69, 9.17) is 15.5 Å². The van der Waals surface area contributed by atoms with Crippen LogP contribution in [0.3, 0.4) is 0 Å². The molecule has 0 aliphatic heterocycles. The number of rotatable bonds is 5. The quantitative estimate of drug-likeness (QED) is 0.722. The number of aromatic nitrogens is 1. The molecule has 0 atom stereocenters. The third kappa shape index (κ3) is 4.33. The smallest absolute Gasteiger partial charge is 0.411 e. The molecule has 7 nitrogen and oxygen atoms in total. The van der Waals surface area contributed by atoms with Crippen LogP contribution in [-0.2, 0) is 9.53 Å². The lowest BCUT2D eigenvalue weighted by atomic mass is 10.0. The number of hydrogen-bond acceptors (Lipinski definition) is 5. The van der Waals surface area contributed by atoms with Gasteiger partial charge in [-0.05, 0) is 55.0 Å². The third-order valence-corrected chi connectivity index (χ3v) is 3.98. The lowest BCUT2D eigenvalue weighted by Gasteiger charge is -2.10. The van der Waals surface area contributed by atoms with E-state index in [-0.39, 0.29) is 6.61 Å². The van der Waals surface area contributed by atoms with Gasteiger partial charge in [0, 0.05) is 16.6 Å². The van der Waals surface area contributed by atoms with E-state index in [0.717, 1.165) is 27.7 Å². The lowest BCUT2D eigenvalue weighted by molar-refractivity contribution is -0.119. The Morgan fingerprint density at radius 3 is 2.52 bits per heavy atom. The number of carbonyl (C=O) groups excluding carboxylic acids is 2. The molecule has 0 spiro atoms. The zero-order valence-corrected chi connectivity index (χ0v) is 15.0. The highest BCUT2D eigenvalue weighted by Gasteiger charge is 2.08. The normalized spacial score (nSPS) is 10.4. The van der Waals surface area contributed by atoms with Crippen molar-refractivity contribution >= 4 is 28.6 Å². The van der Waals surface area contributed by atoms with E-state index in [0.29, 0.717) is 11.4 Å². The molecular weight excluding hydrogens is 346 g/mol. The minimum absolute atomic E-state index is 0.164. The zero-order chi connectivity index (χ0) is 19.4. The number of hydrogen-bond donors (Lipinski definition) is 2. The molecule has 3 N–H and O–H groups in total. The third-order valence-electron chi connectivity index (χ3n) is 3.98. The average Bonchev–Trinajstić information content (AvgIpc) is 2.66. The molecule has 0 saturated carbocycles. The van der Waals surface area contributed by atoms with Gasteiger partial charge in [-0.15, -0.1) is 0 Å². The molecular formula is C20H19N3O4. The summed E-state index contributed by atoms with van der Waals surface area (Å²) in [4.78, 5) is 26.9. The van der Waals surface area contributed by atoms with E-state index in [9.17, 15) is 9.59 Å². The number of nitrogens with zero attached hydrogens (tertiary/aromatic N) is 1. The fraction of sp³-hybridized carbons (Fsp3) is 0.150. The molecule has 2 aromatic carbocycles. The Morgan fingerprint density at radius 1 is 1.11 bits per heavy atom. The first-order chi connectivity index (χ1) is 13.0. The molecule has 0 aliphatic carbocycles. The van der Waals surface area contributed by atoms with E-state index in [2.05, 4.69) is 10.1 Å². The van der Waals surface area contributed by atoms with Crippen molar-refractivity contribution in [2.75, 3.05) is 19.0 Å². The second-order valence-corrected chi connectivity index (χ2v) is 5.95. The van der Waals surface area contributed by atoms with Crippen LogP contribution in [-0.4, -0.2) is 30.7 Å². The van der Waals surface area contributed by atoms with Crippen LogP contribution in [0.1, 0.15) is 5.56 Å². The Hall–Kier alpha value is -3.61. The molecule has 0 fully saturated rings. The number of fused-ring (bicyclic) bond motifs is 1. The largest absolute Gasteiger partial charge is 0.484 e. The molecule has 3 aromatic rings. The van der Waals surface area contributed by atoms with Crippen molar-refractivity contribution in [3.8, 4) is 17.0 Å². The van der Waals surface area contributed by atoms with Crippen molar-refractivity contribution in [2.24, 2.45) is 5.73 Å². The molecule has 0 radical (unpaired) electrons. The second-order valence-electron chi connectivity index (χ2n) is 5.95. The number of ether oxygens (including phenoxy) is 2. The Balaban J connectivity index is 1.92. The molecule has 0 bridgehead atoms. The van der Waals surface area contributed by atoms with Crippen LogP contribution >= 0.6 is 0 Å². The van der Waals surface area contributed by atoms with Crippen LogP contribution < -0.4 is 15.8 Å². The summed E-state index contributed by atoms with van der Waals surface area (Å²) in [5.74, 6) is 0.0295. The van der Waals surface area contributed by atoms with Gasteiger partial charge < -0.3 is 15.2 Å². The lowest BCUT2D eigenvalue weighted by Crippen LogP contribution is -2.19. The number of nitrogens with one attached hydrogen (secondary N) is 1. The fourth-order valence-corrected chi connectivity index (χ4v) is 2.67.